The highest BCUT2D eigenvalue weighted by Gasteiger charge is 2.35. The van der Waals surface area contributed by atoms with Gasteiger partial charge in [-0.25, -0.2) is 0 Å². The summed E-state index contributed by atoms with van der Waals surface area (Å²) in [5, 5.41) is 14.9. The summed E-state index contributed by atoms with van der Waals surface area (Å²) >= 11 is 0. The van der Waals surface area contributed by atoms with E-state index >= 15 is 0 Å². The van der Waals surface area contributed by atoms with E-state index in [-0.39, 0.29) is 17.9 Å². The van der Waals surface area contributed by atoms with E-state index in [2.05, 4.69) is 10.6 Å². The summed E-state index contributed by atoms with van der Waals surface area (Å²) in [5.41, 5.74) is 1.05. The molecule has 0 unspecified atom stereocenters. The molecule has 3 N–H and O–H groups in total. The zero-order chi connectivity index (χ0) is 14.1. The number of amides is 1. The number of rotatable bonds is 3. The summed E-state index contributed by atoms with van der Waals surface area (Å²) in [4.78, 5) is 22.8. The van der Waals surface area contributed by atoms with Crippen molar-refractivity contribution in [1.29, 1.82) is 0 Å². The topological polar surface area (TPSA) is 91.6 Å². The van der Waals surface area contributed by atoms with E-state index in [0.29, 0.717) is 18.6 Å². The van der Waals surface area contributed by atoms with Crippen molar-refractivity contribution in [3.63, 3.8) is 0 Å². The summed E-state index contributed by atoms with van der Waals surface area (Å²) < 4.78 is 5.62. The Morgan fingerprint density at radius 1 is 1.40 bits per heavy atom. The SMILES string of the molecule is O=C(NC1CC(C(=O)O)C1)c1cc2c(o1)CCCNC2. The van der Waals surface area contributed by atoms with Crippen molar-refractivity contribution in [1.82, 2.24) is 10.6 Å². The van der Waals surface area contributed by atoms with Crippen molar-refractivity contribution >= 4 is 11.9 Å². The van der Waals surface area contributed by atoms with E-state index in [1.807, 2.05) is 0 Å². The molecule has 1 saturated carbocycles. The van der Waals surface area contributed by atoms with Gasteiger partial charge in [-0.15, -0.1) is 0 Å². The quantitative estimate of drug-likeness (QED) is 0.764. The van der Waals surface area contributed by atoms with E-state index in [4.69, 9.17) is 9.52 Å². The molecule has 0 radical (unpaired) electrons. The third kappa shape index (κ3) is 2.56. The van der Waals surface area contributed by atoms with Gasteiger partial charge in [0, 0.05) is 24.6 Å². The Balaban J connectivity index is 1.59. The minimum absolute atomic E-state index is 0.0494. The van der Waals surface area contributed by atoms with Crippen LogP contribution in [0.3, 0.4) is 0 Å². The smallest absolute Gasteiger partial charge is 0.306 e. The summed E-state index contributed by atoms with van der Waals surface area (Å²) in [6.45, 7) is 1.70. The molecule has 0 spiro atoms. The Morgan fingerprint density at radius 2 is 2.20 bits per heavy atom. The maximum atomic E-state index is 12.1. The first-order valence-corrected chi connectivity index (χ1v) is 6.99. The van der Waals surface area contributed by atoms with Gasteiger partial charge >= 0.3 is 5.97 Å². The van der Waals surface area contributed by atoms with Crippen LogP contribution in [0.5, 0.6) is 0 Å². The van der Waals surface area contributed by atoms with Crippen LogP contribution in [0.25, 0.3) is 0 Å². The molecule has 1 fully saturated rings. The monoisotopic (exact) mass is 278 g/mol. The van der Waals surface area contributed by atoms with Crippen LogP contribution in [-0.4, -0.2) is 29.6 Å². The first kappa shape index (κ1) is 13.2. The van der Waals surface area contributed by atoms with Crippen LogP contribution in [0.15, 0.2) is 10.5 Å². The summed E-state index contributed by atoms with van der Waals surface area (Å²) in [5.74, 6) is -0.134. The molecular formula is C14H18N2O4. The third-order valence-electron chi connectivity index (χ3n) is 4.02. The zero-order valence-corrected chi connectivity index (χ0v) is 11.1. The number of carboxylic acid groups (broad SMARTS) is 1. The van der Waals surface area contributed by atoms with E-state index < -0.39 is 5.97 Å². The first-order chi connectivity index (χ1) is 9.63. The number of carbonyl (C=O) groups is 2. The number of aliphatic carboxylic acids is 1. The van der Waals surface area contributed by atoms with Crippen LogP contribution in [-0.2, 0) is 17.8 Å². The molecule has 1 aromatic rings. The van der Waals surface area contributed by atoms with E-state index in [1.54, 1.807) is 6.07 Å². The number of carbonyl (C=O) groups excluding carboxylic acids is 1. The summed E-state index contributed by atoms with van der Waals surface area (Å²) in [7, 11) is 0. The minimum Gasteiger partial charge on any atom is -0.481 e. The lowest BCUT2D eigenvalue weighted by Crippen LogP contribution is -2.46. The van der Waals surface area contributed by atoms with Gasteiger partial charge in [0.1, 0.15) is 5.76 Å². The predicted molar refractivity (Wildman–Crippen MR) is 70.3 cm³/mol. The predicted octanol–water partition coefficient (Wildman–Crippen LogP) is 0.908. The molecule has 2 aliphatic rings. The molecule has 1 aliphatic carbocycles. The Bertz CT molecular complexity index is 508. The molecule has 0 aromatic carbocycles. The van der Waals surface area contributed by atoms with Crippen molar-refractivity contribution in [2.24, 2.45) is 5.92 Å². The average Bonchev–Trinajstić information content (AvgIpc) is 2.64. The second-order valence-corrected chi connectivity index (χ2v) is 5.52. The maximum absolute atomic E-state index is 12.1. The number of furan rings is 1. The Morgan fingerprint density at radius 3 is 2.95 bits per heavy atom. The van der Waals surface area contributed by atoms with Crippen LogP contribution < -0.4 is 10.6 Å². The zero-order valence-electron chi connectivity index (χ0n) is 11.1. The molecule has 6 heteroatoms. The molecule has 0 atom stereocenters. The number of fused-ring (bicyclic) bond motifs is 1. The molecule has 6 nitrogen and oxygen atoms in total. The van der Waals surface area contributed by atoms with E-state index in [9.17, 15) is 9.59 Å². The summed E-state index contributed by atoms with van der Waals surface area (Å²) in [6.07, 6.45) is 2.86. The van der Waals surface area contributed by atoms with Gasteiger partial charge in [0.25, 0.3) is 5.91 Å². The van der Waals surface area contributed by atoms with Crippen LogP contribution in [0, 0.1) is 5.92 Å². The van der Waals surface area contributed by atoms with Gasteiger partial charge in [0.2, 0.25) is 0 Å². The van der Waals surface area contributed by atoms with E-state index in [0.717, 1.165) is 37.3 Å². The van der Waals surface area contributed by atoms with Gasteiger partial charge in [-0.05, 0) is 31.9 Å². The number of carboxylic acids is 1. The molecule has 108 valence electrons. The van der Waals surface area contributed by atoms with Crippen molar-refractivity contribution in [3.8, 4) is 0 Å². The van der Waals surface area contributed by atoms with Gasteiger partial charge in [-0.3, -0.25) is 9.59 Å². The van der Waals surface area contributed by atoms with Crippen LogP contribution in [0.4, 0.5) is 0 Å². The van der Waals surface area contributed by atoms with Gasteiger partial charge < -0.3 is 20.2 Å². The third-order valence-corrected chi connectivity index (χ3v) is 4.02. The van der Waals surface area contributed by atoms with Crippen LogP contribution >= 0.6 is 0 Å². The summed E-state index contributed by atoms with van der Waals surface area (Å²) in [6, 6.07) is 1.74. The van der Waals surface area contributed by atoms with Gasteiger partial charge in [-0.2, -0.15) is 0 Å². The van der Waals surface area contributed by atoms with Crippen LogP contribution in [0.1, 0.15) is 41.1 Å². The van der Waals surface area contributed by atoms with Crippen molar-refractivity contribution in [3.05, 3.63) is 23.2 Å². The molecule has 1 amide bonds. The van der Waals surface area contributed by atoms with Crippen molar-refractivity contribution in [2.45, 2.75) is 38.3 Å². The Labute approximate surface area is 116 Å². The van der Waals surface area contributed by atoms with Crippen molar-refractivity contribution < 1.29 is 19.1 Å². The average molecular weight is 278 g/mol. The van der Waals surface area contributed by atoms with Gasteiger partial charge in [-0.1, -0.05) is 0 Å². The first-order valence-electron chi connectivity index (χ1n) is 6.99. The van der Waals surface area contributed by atoms with Gasteiger partial charge in [0.15, 0.2) is 5.76 Å². The fourth-order valence-electron chi connectivity index (χ4n) is 2.73. The standard InChI is InChI=1S/C14H18N2O4/c17-13(16-10-4-8(5-10)14(18)19)12-6-9-7-15-3-1-2-11(9)20-12/h6,8,10,15H,1-5,7H2,(H,16,17)(H,18,19). The lowest BCUT2D eigenvalue weighted by Gasteiger charge is -2.32. The Hall–Kier alpha value is -1.82. The largest absolute Gasteiger partial charge is 0.481 e. The molecule has 0 bridgehead atoms. The maximum Gasteiger partial charge on any atom is 0.306 e. The second-order valence-electron chi connectivity index (χ2n) is 5.52. The normalized spacial score (nSPS) is 25.2. The fraction of sp³-hybridized carbons (Fsp3) is 0.571. The molecule has 1 aliphatic heterocycles. The molecule has 3 rings (SSSR count). The number of hydrogen-bond donors (Lipinski definition) is 3. The Kier molecular flexibility index (Phi) is 3.48. The number of hydrogen-bond acceptors (Lipinski definition) is 4. The number of nitrogens with one attached hydrogen (secondary N) is 2. The van der Waals surface area contributed by atoms with Gasteiger partial charge in [0.05, 0.1) is 5.92 Å². The highest BCUT2D eigenvalue weighted by atomic mass is 16.4. The minimum atomic E-state index is -0.786. The lowest BCUT2D eigenvalue weighted by molar-refractivity contribution is -0.145. The van der Waals surface area contributed by atoms with E-state index in [1.165, 1.54) is 0 Å². The van der Waals surface area contributed by atoms with Crippen LogP contribution in [0.2, 0.25) is 0 Å². The fourth-order valence-corrected chi connectivity index (χ4v) is 2.73. The molecule has 0 saturated heterocycles. The molecular weight excluding hydrogens is 260 g/mol. The molecule has 20 heavy (non-hydrogen) atoms. The number of aryl methyl sites for hydroxylation is 1. The molecule has 1 aromatic heterocycles. The lowest BCUT2D eigenvalue weighted by atomic mass is 9.80. The van der Waals surface area contributed by atoms with Crippen molar-refractivity contribution in [2.75, 3.05) is 6.54 Å². The highest BCUT2D eigenvalue weighted by Crippen LogP contribution is 2.28. The highest BCUT2D eigenvalue weighted by molar-refractivity contribution is 5.92. The second kappa shape index (κ2) is 5.28. The molecule has 2 heterocycles.